The Labute approximate surface area is 96.3 Å². The number of rotatable bonds is 3. The minimum Gasteiger partial charge on any atom is -0.385 e. The number of aryl methyl sites for hydroxylation is 2. The highest BCUT2D eigenvalue weighted by atomic mass is 16.3. The van der Waals surface area contributed by atoms with E-state index in [2.05, 4.69) is 5.10 Å². The van der Waals surface area contributed by atoms with Crippen LogP contribution in [0.3, 0.4) is 0 Å². The molecule has 0 fully saturated rings. The lowest BCUT2D eigenvalue weighted by Crippen LogP contribution is -2.35. The van der Waals surface area contributed by atoms with Gasteiger partial charge in [0.2, 0.25) is 0 Å². The first kappa shape index (κ1) is 12.9. The summed E-state index contributed by atoms with van der Waals surface area (Å²) in [4.78, 5) is 11.8. The average molecular weight is 224 g/mol. The van der Waals surface area contributed by atoms with E-state index >= 15 is 0 Å². The van der Waals surface area contributed by atoms with Gasteiger partial charge < -0.3 is 5.11 Å². The largest absolute Gasteiger partial charge is 0.385 e. The second kappa shape index (κ2) is 4.37. The monoisotopic (exact) mass is 224 g/mol. The number of hydrogen-bond donors (Lipinski definition) is 1. The fourth-order valence-corrected chi connectivity index (χ4v) is 1.59. The Hall–Kier alpha value is -1.16. The van der Waals surface area contributed by atoms with Crippen LogP contribution in [0.1, 0.15) is 32.2 Å². The van der Waals surface area contributed by atoms with Crippen LogP contribution in [0.25, 0.3) is 0 Å². The van der Waals surface area contributed by atoms with Crippen molar-refractivity contribution in [3.8, 4) is 0 Å². The SMILES string of the molecule is Cc1cc(CC(=O)C(O)C(C)(C)C)n(C)n1. The Balaban J connectivity index is 2.76. The number of Topliss-reactive ketones (excluding diaryl/α,β-unsaturated/α-hetero) is 1. The molecule has 1 unspecified atom stereocenters. The van der Waals surface area contributed by atoms with Gasteiger partial charge in [0.25, 0.3) is 0 Å². The second-order valence-corrected chi connectivity index (χ2v) is 5.31. The van der Waals surface area contributed by atoms with E-state index in [1.54, 1.807) is 11.7 Å². The van der Waals surface area contributed by atoms with Crippen LogP contribution in [-0.2, 0) is 18.3 Å². The normalized spacial score (nSPS) is 13.9. The van der Waals surface area contributed by atoms with Gasteiger partial charge in [0, 0.05) is 12.7 Å². The molecule has 1 heterocycles. The van der Waals surface area contributed by atoms with Crippen molar-refractivity contribution in [3.63, 3.8) is 0 Å². The highest BCUT2D eigenvalue weighted by Gasteiger charge is 2.29. The van der Waals surface area contributed by atoms with Crippen LogP contribution < -0.4 is 0 Å². The molecular formula is C12H20N2O2. The summed E-state index contributed by atoms with van der Waals surface area (Å²) in [6.07, 6.45) is -0.696. The van der Waals surface area contributed by atoms with Crippen LogP contribution in [-0.4, -0.2) is 26.8 Å². The third kappa shape index (κ3) is 2.92. The number of nitrogens with zero attached hydrogens (tertiary/aromatic N) is 2. The molecule has 0 bridgehead atoms. The summed E-state index contributed by atoms with van der Waals surface area (Å²) in [7, 11) is 1.80. The number of aliphatic hydroxyl groups excluding tert-OH is 1. The molecule has 0 aliphatic heterocycles. The summed E-state index contributed by atoms with van der Waals surface area (Å²) in [6, 6.07) is 1.87. The summed E-state index contributed by atoms with van der Waals surface area (Å²) in [5, 5.41) is 14.0. The van der Waals surface area contributed by atoms with E-state index in [9.17, 15) is 9.90 Å². The van der Waals surface area contributed by atoms with Crippen LogP contribution >= 0.6 is 0 Å². The lowest BCUT2D eigenvalue weighted by atomic mass is 9.85. The van der Waals surface area contributed by atoms with Gasteiger partial charge in [-0.05, 0) is 18.4 Å². The molecule has 1 aromatic rings. The Morgan fingerprint density at radius 2 is 2.12 bits per heavy atom. The summed E-state index contributed by atoms with van der Waals surface area (Å²) < 4.78 is 1.68. The van der Waals surface area contributed by atoms with Crippen molar-refractivity contribution in [1.82, 2.24) is 9.78 Å². The number of carbonyl (C=O) groups is 1. The first-order valence-electron chi connectivity index (χ1n) is 5.42. The maximum Gasteiger partial charge on any atom is 0.167 e. The molecule has 0 saturated heterocycles. The Bertz CT molecular complexity index is 388. The van der Waals surface area contributed by atoms with Crippen molar-refractivity contribution in [2.75, 3.05) is 0 Å². The molecule has 0 radical (unpaired) electrons. The zero-order valence-corrected chi connectivity index (χ0v) is 10.6. The lowest BCUT2D eigenvalue weighted by molar-refractivity contribution is -0.131. The number of hydrogen-bond acceptors (Lipinski definition) is 3. The van der Waals surface area contributed by atoms with Crippen molar-refractivity contribution >= 4 is 5.78 Å². The number of aromatic nitrogens is 2. The van der Waals surface area contributed by atoms with E-state index < -0.39 is 11.5 Å². The molecule has 1 aromatic heterocycles. The first-order valence-corrected chi connectivity index (χ1v) is 5.42. The van der Waals surface area contributed by atoms with Gasteiger partial charge in [0.05, 0.1) is 12.1 Å². The fraction of sp³-hybridized carbons (Fsp3) is 0.667. The average Bonchev–Trinajstić information content (AvgIpc) is 2.42. The Kier molecular flexibility index (Phi) is 3.53. The Morgan fingerprint density at radius 1 is 1.56 bits per heavy atom. The first-order chi connectivity index (χ1) is 7.21. The van der Waals surface area contributed by atoms with Crippen LogP contribution in [0.4, 0.5) is 0 Å². The molecular weight excluding hydrogens is 204 g/mol. The van der Waals surface area contributed by atoms with Crippen molar-refractivity contribution in [2.24, 2.45) is 12.5 Å². The predicted molar refractivity (Wildman–Crippen MR) is 62.1 cm³/mol. The van der Waals surface area contributed by atoms with Crippen LogP contribution in [0.15, 0.2) is 6.07 Å². The molecule has 0 saturated carbocycles. The third-order valence-electron chi connectivity index (χ3n) is 2.58. The van der Waals surface area contributed by atoms with E-state index in [1.165, 1.54) is 0 Å². The highest BCUT2D eigenvalue weighted by molar-refractivity contribution is 5.85. The molecule has 0 aromatic carbocycles. The number of carbonyl (C=O) groups excluding carboxylic acids is 1. The number of ketones is 1. The minimum atomic E-state index is -0.928. The molecule has 90 valence electrons. The van der Waals surface area contributed by atoms with E-state index in [1.807, 2.05) is 33.8 Å². The summed E-state index contributed by atoms with van der Waals surface area (Å²) in [5.74, 6) is -0.157. The van der Waals surface area contributed by atoms with Crippen LogP contribution in [0, 0.1) is 12.3 Å². The molecule has 16 heavy (non-hydrogen) atoms. The topological polar surface area (TPSA) is 55.1 Å². The van der Waals surface area contributed by atoms with Gasteiger partial charge in [-0.1, -0.05) is 20.8 Å². The van der Waals surface area contributed by atoms with Gasteiger partial charge in [-0.2, -0.15) is 5.10 Å². The van der Waals surface area contributed by atoms with Gasteiger partial charge in [-0.15, -0.1) is 0 Å². The standard InChI is InChI=1S/C12H20N2O2/c1-8-6-9(14(5)13-8)7-10(15)11(16)12(2,3)4/h6,11,16H,7H2,1-5H3. The van der Waals surface area contributed by atoms with Gasteiger partial charge >= 0.3 is 0 Å². The maximum atomic E-state index is 11.8. The second-order valence-electron chi connectivity index (χ2n) is 5.31. The molecule has 0 spiro atoms. The van der Waals surface area contributed by atoms with Crippen LogP contribution in [0.2, 0.25) is 0 Å². The molecule has 1 N–H and O–H groups in total. The van der Waals surface area contributed by atoms with Gasteiger partial charge in [0.15, 0.2) is 5.78 Å². The van der Waals surface area contributed by atoms with Gasteiger partial charge in [-0.3, -0.25) is 9.48 Å². The van der Waals surface area contributed by atoms with E-state index in [-0.39, 0.29) is 12.2 Å². The minimum absolute atomic E-state index is 0.157. The zero-order valence-electron chi connectivity index (χ0n) is 10.6. The molecule has 1 atom stereocenters. The molecule has 1 rings (SSSR count). The maximum absolute atomic E-state index is 11.8. The Morgan fingerprint density at radius 3 is 2.50 bits per heavy atom. The summed E-state index contributed by atoms with van der Waals surface area (Å²) in [5.41, 5.74) is 1.31. The lowest BCUT2D eigenvalue weighted by Gasteiger charge is -2.24. The molecule has 0 amide bonds. The smallest absolute Gasteiger partial charge is 0.167 e. The third-order valence-corrected chi connectivity index (χ3v) is 2.58. The quantitative estimate of drug-likeness (QED) is 0.840. The predicted octanol–water partition coefficient (Wildman–Crippen LogP) is 1.25. The van der Waals surface area contributed by atoms with Crippen LogP contribution in [0.5, 0.6) is 0 Å². The highest BCUT2D eigenvalue weighted by Crippen LogP contribution is 2.21. The van der Waals surface area contributed by atoms with Gasteiger partial charge in [-0.25, -0.2) is 0 Å². The fourth-order valence-electron chi connectivity index (χ4n) is 1.59. The van der Waals surface area contributed by atoms with E-state index in [0.717, 1.165) is 11.4 Å². The van der Waals surface area contributed by atoms with Crippen molar-refractivity contribution < 1.29 is 9.90 Å². The van der Waals surface area contributed by atoms with E-state index in [4.69, 9.17) is 0 Å². The molecule has 0 aliphatic rings. The van der Waals surface area contributed by atoms with Crippen molar-refractivity contribution in [3.05, 3.63) is 17.5 Å². The number of aliphatic hydroxyl groups is 1. The molecule has 0 aliphatic carbocycles. The van der Waals surface area contributed by atoms with E-state index in [0.29, 0.717) is 0 Å². The summed E-state index contributed by atoms with van der Waals surface area (Å²) >= 11 is 0. The van der Waals surface area contributed by atoms with Crippen molar-refractivity contribution in [2.45, 2.75) is 40.2 Å². The zero-order chi connectivity index (χ0) is 12.5. The van der Waals surface area contributed by atoms with Crippen molar-refractivity contribution in [1.29, 1.82) is 0 Å². The molecule has 4 heteroatoms. The molecule has 4 nitrogen and oxygen atoms in total. The summed E-state index contributed by atoms with van der Waals surface area (Å²) in [6.45, 7) is 7.44. The van der Waals surface area contributed by atoms with Gasteiger partial charge in [0.1, 0.15) is 6.10 Å².